The fourth-order valence-corrected chi connectivity index (χ4v) is 3.66. The van der Waals surface area contributed by atoms with Gasteiger partial charge in [-0.15, -0.1) is 11.6 Å². The average molecular weight is 285 g/mol. The summed E-state index contributed by atoms with van der Waals surface area (Å²) in [5, 5.41) is 0. The topological polar surface area (TPSA) is 58.6 Å². The van der Waals surface area contributed by atoms with E-state index in [1.54, 1.807) is 7.11 Å². The molecule has 0 aromatic heterocycles. The number of halogens is 1. The molecule has 1 aliphatic heterocycles. The van der Waals surface area contributed by atoms with Gasteiger partial charge in [0.15, 0.2) is 0 Å². The maximum atomic E-state index is 12.1. The average Bonchev–Trinajstić information content (AvgIpc) is 2.30. The van der Waals surface area contributed by atoms with Crippen molar-refractivity contribution in [1.82, 2.24) is 9.03 Å². The van der Waals surface area contributed by atoms with Crippen LogP contribution in [0.1, 0.15) is 25.7 Å². The first-order valence-electron chi connectivity index (χ1n) is 5.92. The second kappa shape index (κ2) is 7.53. The van der Waals surface area contributed by atoms with Gasteiger partial charge >= 0.3 is 0 Å². The summed E-state index contributed by atoms with van der Waals surface area (Å²) in [5.41, 5.74) is 0. The van der Waals surface area contributed by atoms with Gasteiger partial charge in [0.2, 0.25) is 0 Å². The van der Waals surface area contributed by atoms with Gasteiger partial charge in [-0.3, -0.25) is 0 Å². The van der Waals surface area contributed by atoms with Crippen molar-refractivity contribution in [2.45, 2.75) is 31.7 Å². The second-order valence-electron chi connectivity index (χ2n) is 4.21. The molecule has 1 fully saturated rings. The molecule has 1 N–H and O–H groups in total. The molecule has 0 aromatic carbocycles. The van der Waals surface area contributed by atoms with E-state index in [0.717, 1.165) is 19.3 Å². The number of rotatable bonds is 7. The zero-order valence-electron chi connectivity index (χ0n) is 10.2. The summed E-state index contributed by atoms with van der Waals surface area (Å²) in [4.78, 5) is 0. The van der Waals surface area contributed by atoms with E-state index in [0.29, 0.717) is 32.0 Å². The van der Waals surface area contributed by atoms with Crippen molar-refractivity contribution < 1.29 is 13.2 Å². The lowest BCUT2D eigenvalue weighted by Gasteiger charge is -2.28. The Bertz CT molecular complexity index is 299. The fourth-order valence-electron chi connectivity index (χ4n) is 1.90. The molecular formula is C10H21ClN2O3S. The predicted octanol–water partition coefficient (Wildman–Crippen LogP) is 0.951. The van der Waals surface area contributed by atoms with Crippen molar-refractivity contribution >= 4 is 21.8 Å². The molecule has 0 bridgehead atoms. The summed E-state index contributed by atoms with van der Waals surface area (Å²) in [6.07, 6.45) is 3.55. The highest BCUT2D eigenvalue weighted by Crippen LogP contribution is 2.12. The first-order valence-corrected chi connectivity index (χ1v) is 7.90. The molecule has 0 saturated carbocycles. The number of methoxy groups -OCH3 is 1. The van der Waals surface area contributed by atoms with Crippen LogP contribution in [-0.4, -0.2) is 51.5 Å². The van der Waals surface area contributed by atoms with Crippen molar-refractivity contribution in [1.29, 1.82) is 0 Å². The van der Waals surface area contributed by atoms with E-state index < -0.39 is 10.2 Å². The number of nitrogens with zero attached hydrogens (tertiary/aromatic N) is 1. The van der Waals surface area contributed by atoms with Gasteiger partial charge in [-0.25, -0.2) is 0 Å². The Morgan fingerprint density at radius 2 is 2.00 bits per heavy atom. The molecule has 7 heteroatoms. The molecule has 0 aromatic rings. The number of alkyl halides is 1. The number of piperidine rings is 1. The Labute approximate surface area is 109 Å². The van der Waals surface area contributed by atoms with Gasteiger partial charge in [-0.1, -0.05) is 6.42 Å². The zero-order valence-corrected chi connectivity index (χ0v) is 11.8. The quantitative estimate of drug-likeness (QED) is 0.708. The van der Waals surface area contributed by atoms with Crippen molar-refractivity contribution in [3.63, 3.8) is 0 Å². The number of nitrogens with one attached hydrogen (secondary N) is 1. The Hall–Kier alpha value is 0.120. The molecule has 5 nitrogen and oxygen atoms in total. The third-order valence-corrected chi connectivity index (χ3v) is 4.69. The molecular weight excluding hydrogens is 264 g/mol. The van der Waals surface area contributed by atoms with E-state index >= 15 is 0 Å². The van der Waals surface area contributed by atoms with Crippen molar-refractivity contribution in [2.24, 2.45) is 0 Å². The number of hydrogen-bond acceptors (Lipinski definition) is 3. The molecule has 0 radical (unpaired) electrons. The lowest BCUT2D eigenvalue weighted by Crippen LogP contribution is -2.48. The van der Waals surface area contributed by atoms with Crippen LogP contribution in [0.5, 0.6) is 0 Å². The molecule has 1 heterocycles. The van der Waals surface area contributed by atoms with Gasteiger partial charge in [0.05, 0.1) is 6.61 Å². The summed E-state index contributed by atoms with van der Waals surface area (Å²) in [6.45, 7) is 1.56. The molecule has 1 unspecified atom stereocenters. The van der Waals surface area contributed by atoms with Crippen LogP contribution >= 0.6 is 11.6 Å². The first-order chi connectivity index (χ1) is 8.10. The maximum Gasteiger partial charge on any atom is 0.279 e. The van der Waals surface area contributed by atoms with Gasteiger partial charge in [-0.05, 0) is 19.3 Å². The normalized spacial score (nSPS) is 20.4. The summed E-state index contributed by atoms with van der Waals surface area (Å²) < 4.78 is 33.3. The standard InChI is InChI=1S/C10H21ClN2O3S/c1-16-9-10(5-6-11)12-17(14,15)13-7-3-2-4-8-13/h10,12H,2-9H2,1H3. The zero-order chi connectivity index (χ0) is 12.7. The van der Waals surface area contributed by atoms with Crippen LogP contribution in [0.25, 0.3) is 0 Å². The van der Waals surface area contributed by atoms with Gasteiger partial charge in [0.25, 0.3) is 10.2 Å². The van der Waals surface area contributed by atoms with E-state index in [2.05, 4.69) is 4.72 Å². The summed E-state index contributed by atoms with van der Waals surface area (Å²) >= 11 is 5.64. The molecule has 1 aliphatic rings. The minimum atomic E-state index is -3.38. The van der Waals surface area contributed by atoms with Crippen LogP contribution in [0.3, 0.4) is 0 Å². The van der Waals surface area contributed by atoms with Crippen molar-refractivity contribution in [2.75, 3.05) is 32.7 Å². The van der Waals surface area contributed by atoms with Gasteiger partial charge in [0, 0.05) is 32.1 Å². The highest BCUT2D eigenvalue weighted by atomic mass is 35.5. The first kappa shape index (κ1) is 15.2. The smallest absolute Gasteiger partial charge is 0.279 e. The molecule has 17 heavy (non-hydrogen) atoms. The van der Waals surface area contributed by atoms with E-state index in [4.69, 9.17) is 16.3 Å². The van der Waals surface area contributed by atoms with Crippen LogP contribution in [-0.2, 0) is 14.9 Å². The lowest BCUT2D eigenvalue weighted by molar-refractivity contribution is 0.172. The fraction of sp³-hybridized carbons (Fsp3) is 1.00. The third kappa shape index (κ3) is 5.09. The highest BCUT2D eigenvalue weighted by molar-refractivity contribution is 7.87. The SMILES string of the molecule is COCC(CCCl)NS(=O)(=O)N1CCCCC1. The molecule has 0 spiro atoms. The van der Waals surface area contributed by atoms with Crippen LogP contribution < -0.4 is 4.72 Å². The second-order valence-corrected chi connectivity index (χ2v) is 6.29. The van der Waals surface area contributed by atoms with E-state index in [1.807, 2.05) is 0 Å². The van der Waals surface area contributed by atoms with Crippen LogP contribution in [0.2, 0.25) is 0 Å². The molecule has 0 aliphatic carbocycles. The highest BCUT2D eigenvalue weighted by Gasteiger charge is 2.26. The van der Waals surface area contributed by atoms with Crippen molar-refractivity contribution in [3.05, 3.63) is 0 Å². The number of hydrogen-bond donors (Lipinski definition) is 1. The Morgan fingerprint density at radius 3 is 2.53 bits per heavy atom. The maximum absolute atomic E-state index is 12.1. The van der Waals surface area contributed by atoms with Gasteiger partial charge < -0.3 is 4.74 Å². The molecule has 102 valence electrons. The van der Waals surface area contributed by atoms with E-state index in [9.17, 15) is 8.42 Å². The van der Waals surface area contributed by atoms with Crippen LogP contribution in [0.15, 0.2) is 0 Å². The summed E-state index contributed by atoms with van der Waals surface area (Å²) in [7, 11) is -1.83. The van der Waals surface area contributed by atoms with Crippen LogP contribution in [0, 0.1) is 0 Å². The summed E-state index contributed by atoms with van der Waals surface area (Å²) in [5.74, 6) is 0.413. The largest absolute Gasteiger partial charge is 0.383 e. The number of ether oxygens (including phenoxy) is 1. The molecule has 0 amide bonds. The minimum Gasteiger partial charge on any atom is -0.383 e. The Kier molecular flexibility index (Phi) is 6.72. The van der Waals surface area contributed by atoms with Gasteiger partial charge in [0.1, 0.15) is 0 Å². The minimum absolute atomic E-state index is 0.246. The molecule has 1 saturated heterocycles. The van der Waals surface area contributed by atoms with Crippen molar-refractivity contribution in [3.8, 4) is 0 Å². The van der Waals surface area contributed by atoms with Gasteiger partial charge in [-0.2, -0.15) is 17.4 Å². The third-order valence-electron chi connectivity index (χ3n) is 2.80. The van der Waals surface area contributed by atoms with E-state index in [1.165, 1.54) is 4.31 Å². The van der Waals surface area contributed by atoms with E-state index in [-0.39, 0.29) is 6.04 Å². The van der Waals surface area contributed by atoms with Crippen LogP contribution in [0.4, 0.5) is 0 Å². The Balaban J connectivity index is 2.55. The lowest BCUT2D eigenvalue weighted by atomic mass is 10.2. The molecule has 1 rings (SSSR count). The summed E-state index contributed by atoms with van der Waals surface area (Å²) in [6, 6.07) is -0.246. The monoisotopic (exact) mass is 284 g/mol. The predicted molar refractivity (Wildman–Crippen MR) is 68.5 cm³/mol. The Morgan fingerprint density at radius 1 is 1.35 bits per heavy atom. The molecule has 1 atom stereocenters.